The zero-order valence-corrected chi connectivity index (χ0v) is 8.90. The maximum atomic E-state index is 9.24. The fourth-order valence-corrected chi connectivity index (χ4v) is 1.47. The molecule has 0 bridgehead atoms. The molecule has 1 rings (SSSR count). The van der Waals surface area contributed by atoms with Crippen LogP contribution in [0.1, 0.15) is 25.3 Å². The van der Waals surface area contributed by atoms with Crippen LogP contribution in [0.3, 0.4) is 0 Å². The first-order chi connectivity index (χ1) is 6.87. The summed E-state index contributed by atoms with van der Waals surface area (Å²) in [5, 5.41) is 17.8. The molecule has 2 nitrogen and oxygen atoms in total. The number of rotatable bonds is 4. The van der Waals surface area contributed by atoms with Crippen molar-refractivity contribution >= 4 is 15.7 Å². The minimum atomic E-state index is -0.654. The van der Waals surface area contributed by atoms with E-state index in [0.717, 1.165) is 18.4 Å². The van der Waals surface area contributed by atoms with Gasteiger partial charge < -0.3 is 10.2 Å². The van der Waals surface area contributed by atoms with Crippen molar-refractivity contribution in [3.8, 4) is 11.5 Å². The molecule has 76 valence electrons. The monoisotopic (exact) mass is 200 g/mol. The van der Waals surface area contributed by atoms with Crippen molar-refractivity contribution in [1.82, 2.24) is 0 Å². The zero-order chi connectivity index (χ0) is 11.5. The number of benzene rings is 1. The molecule has 0 unspecified atom stereocenters. The fraction of sp³-hybridized carbons (Fsp3) is 0.455. The van der Waals surface area contributed by atoms with E-state index in [2.05, 4.69) is 0 Å². The minimum Gasteiger partial charge on any atom is -0.508 e. The maximum absolute atomic E-state index is 9.24. The summed E-state index contributed by atoms with van der Waals surface area (Å²) in [6, 6.07) is 4.56. The third kappa shape index (κ3) is 4.82. The molecule has 1 aromatic rings. The van der Waals surface area contributed by atoms with Gasteiger partial charge in [0.05, 0.1) is 15.7 Å². The summed E-state index contributed by atoms with van der Waals surface area (Å²) >= 11 is 0. The minimum absolute atomic E-state index is 0.0771. The molecule has 15 heavy (non-hydrogen) atoms. The quantitative estimate of drug-likeness (QED) is 0.728. The van der Waals surface area contributed by atoms with Crippen LogP contribution in [0, 0.1) is 0 Å². The highest BCUT2D eigenvalue weighted by Gasteiger charge is 2.09. The molecule has 1 aromatic carbocycles. The SMILES string of the molecule is [B]C([B])(C)CCCc1cc(O)cc(O)c1. The van der Waals surface area contributed by atoms with Crippen LogP contribution in [0.5, 0.6) is 11.5 Å². The summed E-state index contributed by atoms with van der Waals surface area (Å²) in [4.78, 5) is 0. The Morgan fingerprint density at radius 2 is 1.67 bits per heavy atom. The molecule has 0 aliphatic carbocycles. The Morgan fingerprint density at radius 1 is 1.13 bits per heavy atom. The molecule has 2 N–H and O–H groups in total. The van der Waals surface area contributed by atoms with Gasteiger partial charge >= 0.3 is 0 Å². The van der Waals surface area contributed by atoms with Gasteiger partial charge in [0.1, 0.15) is 11.5 Å². The fourth-order valence-electron chi connectivity index (χ4n) is 1.47. The maximum Gasteiger partial charge on any atom is 0.119 e. The number of phenolic OH excluding ortho intramolecular Hbond substituents is 2. The third-order valence-corrected chi connectivity index (χ3v) is 2.14. The van der Waals surface area contributed by atoms with Crippen LogP contribution in [0.15, 0.2) is 18.2 Å². The molecule has 0 atom stereocenters. The van der Waals surface area contributed by atoms with Gasteiger partial charge in [-0.1, -0.05) is 19.8 Å². The number of phenols is 2. The first kappa shape index (κ1) is 12.0. The topological polar surface area (TPSA) is 40.5 Å². The summed E-state index contributed by atoms with van der Waals surface area (Å²) in [6.45, 7) is 1.77. The van der Waals surface area contributed by atoms with Gasteiger partial charge in [0.25, 0.3) is 0 Å². The van der Waals surface area contributed by atoms with Gasteiger partial charge in [-0.05, 0) is 24.1 Å². The third-order valence-electron chi connectivity index (χ3n) is 2.14. The molecular formula is C11H14B2O2. The average Bonchev–Trinajstić information content (AvgIpc) is 1.99. The molecule has 0 saturated heterocycles. The summed E-state index contributed by atoms with van der Waals surface area (Å²) in [5.41, 5.74) is 0.886. The Kier molecular flexibility index (Phi) is 3.72. The van der Waals surface area contributed by atoms with Gasteiger partial charge in [-0.2, -0.15) is 0 Å². The zero-order valence-electron chi connectivity index (χ0n) is 8.90. The Morgan fingerprint density at radius 3 is 2.13 bits per heavy atom. The normalized spacial score (nSPS) is 11.5. The lowest BCUT2D eigenvalue weighted by atomic mass is 9.54. The molecule has 0 spiro atoms. The molecule has 0 fully saturated rings. The molecule has 0 aliphatic heterocycles. The van der Waals surface area contributed by atoms with Crippen LogP contribution < -0.4 is 0 Å². The van der Waals surface area contributed by atoms with Gasteiger partial charge in [-0.15, -0.1) is 5.21 Å². The van der Waals surface area contributed by atoms with E-state index in [1.165, 1.54) is 6.07 Å². The second kappa shape index (κ2) is 4.65. The van der Waals surface area contributed by atoms with Gasteiger partial charge in [0.2, 0.25) is 0 Å². The lowest BCUT2D eigenvalue weighted by molar-refractivity contribution is 0.449. The Labute approximate surface area is 93.1 Å². The van der Waals surface area contributed by atoms with E-state index in [4.69, 9.17) is 15.7 Å². The van der Waals surface area contributed by atoms with Crippen LogP contribution in [0.25, 0.3) is 0 Å². The highest BCUT2D eigenvalue weighted by atomic mass is 16.3. The first-order valence-electron chi connectivity index (χ1n) is 4.96. The van der Waals surface area contributed by atoms with Crippen LogP contribution in [-0.2, 0) is 6.42 Å². The number of hydrogen-bond donors (Lipinski definition) is 2. The second-order valence-corrected chi connectivity index (χ2v) is 4.22. The highest BCUT2D eigenvalue weighted by Crippen LogP contribution is 2.25. The molecule has 0 saturated carbocycles. The first-order valence-corrected chi connectivity index (χ1v) is 4.96. The lowest BCUT2D eigenvalue weighted by Gasteiger charge is -2.18. The average molecular weight is 200 g/mol. The van der Waals surface area contributed by atoms with Crippen LogP contribution in [0.4, 0.5) is 0 Å². The van der Waals surface area contributed by atoms with E-state index in [9.17, 15) is 10.2 Å². The van der Waals surface area contributed by atoms with E-state index < -0.39 is 5.21 Å². The molecule has 0 amide bonds. The van der Waals surface area contributed by atoms with Crippen molar-refractivity contribution in [1.29, 1.82) is 0 Å². The summed E-state index contributed by atoms with van der Waals surface area (Å²) in [7, 11) is 11.3. The molecular weight excluding hydrogens is 186 g/mol. The molecule has 4 radical (unpaired) electrons. The van der Waals surface area contributed by atoms with Crippen molar-refractivity contribution in [2.24, 2.45) is 0 Å². The molecule has 0 heterocycles. The van der Waals surface area contributed by atoms with E-state index in [0.29, 0.717) is 6.42 Å². The van der Waals surface area contributed by atoms with Gasteiger partial charge in [0, 0.05) is 6.07 Å². The van der Waals surface area contributed by atoms with Crippen molar-refractivity contribution < 1.29 is 10.2 Å². The van der Waals surface area contributed by atoms with Crippen molar-refractivity contribution in [3.05, 3.63) is 23.8 Å². The summed E-state index contributed by atoms with van der Waals surface area (Å²) in [6.07, 6.45) is 2.27. The van der Waals surface area contributed by atoms with Crippen molar-refractivity contribution in [3.63, 3.8) is 0 Å². The predicted molar refractivity (Wildman–Crippen MR) is 62.6 cm³/mol. The summed E-state index contributed by atoms with van der Waals surface area (Å²) < 4.78 is 0. The van der Waals surface area contributed by atoms with Gasteiger partial charge in [-0.25, -0.2) is 0 Å². The van der Waals surface area contributed by atoms with E-state index in [1.54, 1.807) is 19.1 Å². The Balaban J connectivity index is 2.51. The van der Waals surface area contributed by atoms with E-state index in [1.807, 2.05) is 0 Å². The van der Waals surface area contributed by atoms with E-state index in [-0.39, 0.29) is 11.5 Å². The second-order valence-electron chi connectivity index (χ2n) is 4.22. The van der Waals surface area contributed by atoms with Crippen molar-refractivity contribution in [2.45, 2.75) is 31.4 Å². The lowest BCUT2D eigenvalue weighted by Crippen LogP contribution is -2.07. The van der Waals surface area contributed by atoms with Gasteiger partial charge in [-0.3, -0.25) is 0 Å². The smallest absolute Gasteiger partial charge is 0.119 e. The van der Waals surface area contributed by atoms with E-state index >= 15 is 0 Å². The number of aromatic hydroxyl groups is 2. The molecule has 0 aromatic heterocycles. The highest BCUT2D eigenvalue weighted by molar-refractivity contribution is 6.39. The van der Waals surface area contributed by atoms with Crippen LogP contribution in [0.2, 0.25) is 5.21 Å². The summed E-state index contributed by atoms with van der Waals surface area (Å²) in [5.74, 6) is 0.154. The van der Waals surface area contributed by atoms with Crippen LogP contribution in [-0.4, -0.2) is 25.9 Å². The molecule has 4 heteroatoms. The van der Waals surface area contributed by atoms with Crippen molar-refractivity contribution in [2.75, 3.05) is 0 Å². The Bertz CT molecular complexity index is 312. The standard InChI is InChI=1S/C11H14B2O2/c1-11(12,13)4-2-3-8-5-9(14)7-10(15)6-8/h5-7,14-15H,2-4H2,1H3. The predicted octanol–water partition coefficient (Wildman–Crippen LogP) is 1.89. The van der Waals surface area contributed by atoms with Crippen LogP contribution >= 0.6 is 0 Å². The largest absolute Gasteiger partial charge is 0.508 e. The Hall–Kier alpha value is -1.05. The number of hydrogen-bond acceptors (Lipinski definition) is 2. The molecule has 0 aliphatic rings. The number of aryl methyl sites for hydroxylation is 1. The van der Waals surface area contributed by atoms with Gasteiger partial charge in [0.15, 0.2) is 0 Å².